The van der Waals surface area contributed by atoms with Gasteiger partial charge in [-0.2, -0.15) is 31.6 Å². The van der Waals surface area contributed by atoms with Crippen LogP contribution in [0, 0.1) is 11.3 Å². The molecule has 2 aromatic heterocycles. The first kappa shape index (κ1) is 34.1. The number of alkyl halides is 6. The molecule has 4 aliphatic heterocycles. The smallest absolute Gasteiger partial charge is 0.393 e. The van der Waals surface area contributed by atoms with Gasteiger partial charge in [-0.25, -0.2) is 0 Å². The van der Waals surface area contributed by atoms with E-state index in [1.807, 2.05) is 0 Å². The van der Waals surface area contributed by atoms with Crippen molar-refractivity contribution in [3.8, 4) is 6.07 Å². The normalized spacial score (nSPS) is 31.6. The minimum absolute atomic E-state index is 0.171. The van der Waals surface area contributed by atoms with Gasteiger partial charge in [0.2, 0.25) is 0 Å². The molecule has 4 saturated heterocycles. The Labute approximate surface area is 272 Å². The van der Waals surface area contributed by atoms with Crippen LogP contribution in [0.15, 0.2) is 36.9 Å². The van der Waals surface area contributed by atoms with Gasteiger partial charge >= 0.3 is 12.4 Å². The molecule has 2 aromatic rings. The van der Waals surface area contributed by atoms with Crippen molar-refractivity contribution in [2.24, 2.45) is 5.73 Å². The predicted octanol–water partition coefficient (Wildman–Crippen LogP) is 7.13. The number of thiocarbonyl (C=S) groups is 1. The molecule has 0 amide bonds. The number of nitrogens with two attached hydrogens (primary N) is 1. The van der Waals surface area contributed by atoms with Gasteiger partial charge in [-0.15, -0.1) is 0 Å². The summed E-state index contributed by atoms with van der Waals surface area (Å²) in [6, 6.07) is 5.05. The third kappa shape index (κ3) is 7.35. The first-order valence-corrected chi connectivity index (χ1v) is 15.8. The third-order valence-electron chi connectivity index (χ3n) is 9.80. The summed E-state index contributed by atoms with van der Waals surface area (Å²) in [6.45, 7) is -1.76. The Balaban J connectivity index is 0.000000178. The van der Waals surface area contributed by atoms with E-state index in [-0.39, 0.29) is 24.2 Å². The first-order chi connectivity index (χ1) is 21.0. The largest absolute Gasteiger partial charge is 0.401 e. The molecule has 244 valence electrons. The summed E-state index contributed by atoms with van der Waals surface area (Å²) in [5.41, 5.74) is 6.14. The lowest BCUT2D eigenvalue weighted by Gasteiger charge is -2.46. The molecule has 0 spiro atoms. The van der Waals surface area contributed by atoms with Crippen LogP contribution < -0.4 is 5.73 Å². The molecule has 6 heterocycles. The Morgan fingerprint density at radius 3 is 1.58 bits per heavy atom. The molecular formula is C30H32Cl2F6N6S. The highest BCUT2D eigenvalue weighted by Crippen LogP contribution is 2.49. The van der Waals surface area contributed by atoms with Gasteiger partial charge in [0.05, 0.1) is 39.6 Å². The van der Waals surface area contributed by atoms with Crippen LogP contribution in [-0.2, 0) is 10.8 Å². The molecule has 45 heavy (non-hydrogen) atoms. The van der Waals surface area contributed by atoms with Crippen molar-refractivity contribution in [3.05, 3.63) is 58.1 Å². The molecule has 0 aromatic carbocycles. The van der Waals surface area contributed by atoms with Crippen LogP contribution in [0.4, 0.5) is 26.3 Å². The minimum atomic E-state index is -4.20. The standard InChI is InChI=1S/C15H17ClF3N3S.C15H15ClF3N3/c16-10-3-9(6-21-7-10)14(13(20)23)4-11-1-2-12(5-14)22(11)8-15(17,18)19;16-11-3-10(6-21-7-11)14(8-20)4-12-1-2-13(5-14)22(12)9-15(17,18)19/h3,6-7,11-12H,1-2,4-5,8H2,(H2,20,23);3,6-7,12-13H,1-2,4-5,9H2/t11-,12+,14?;12-,13+,14?. The highest BCUT2D eigenvalue weighted by Gasteiger charge is 2.54. The summed E-state index contributed by atoms with van der Waals surface area (Å²) in [7, 11) is 0. The van der Waals surface area contributed by atoms with E-state index in [1.54, 1.807) is 29.4 Å². The average molecular weight is 694 g/mol. The maximum absolute atomic E-state index is 12.8. The lowest BCUT2D eigenvalue weighted by molar-refractivity contribution is -0.157. The number of nitrogens with zero attached hydrogens (tertiary/aromatic N) is 5. The molecule has 0 aliphatic carbocycles. The van der Waals surface area contributed by atoms with Crippen molar-refractivity contribution in [2.75, 3.05) is 13.1 Å². The van der Waals surface area contributed by atoms with Gasteiger partial charge in [-0.3, -0.25) is 19.8 Å². The van der Waals surface area contributed by atoms with Crippen molar-refractivity contribution in [1.29, 1.82) is 5.26 Å². The van der Waals surface area contributed by atoms with Crippen LogP contribution >= 0.6 is 35.4 Å². The summed E-state index contributed by atoms with van der Waals surface area (Å²) < 4.78 is 76.7. The van der Waals surface area contributed by atoms with Gasteiger partial charge in [0.15, 0.2) is 0 Å². The Kier molecular flexibility index (Phi) is 9.66. The third-order valence-corrected chi connectivity index (χ3v) is 10.6. The summed E-state index contributed by atoms with van der Waals surface area (Å²) in [6.07, 6.45) is 2.54. The van der Waals surface area contributed by atoms with E-state index in [9.17, 15) is 31.6 Å². The molecular weight excluding hydrogens is 661 g/mol. The van der Waals surface area contributed by atoms with Crippen LogP contribution in [-0.4, -0.2) is 74.4 Å². The number of halogens is 8. The molecule has 6 nitrogen and oxygen atoms in total. The SMILES string of the molecule is N#CC1(c2cncc(Cl)c2)C[C@H]2CC[C@@H](C1)N2CC(F)(F)F.NC(=S)C1(c2cncc(Cl)c2)C[C@H]2CC[C@@H](C1)N2CC(F)(F)F. The number of pyridine rings is 2. The molecule has 4 bridgehead atoms. The second-order valence-corrected chi connectivity index (χ2v) is 13.9. The maximum Gasteiger partial charge on any atom is 0.401 e. The molecule has 0 saturated carbocycles. The van der Waals surface area contributed by atoms with Crippen LogP contribution in [0.25, 0.3) is 0 Å². The molecule has 15 heteroatoms. The highest BCUT2D eigenvalue weighted by molar-refractivity contribution is 7.80. The molecule has 4 aliphatic rings. The molecule has 6 atom stereocenters. The van der Waals surface area contributed by atoms with Gasteiger partial charge in [-0.05, 0) is 74.6 Å². The van der Waals surface area contributed by atoms with E-state index in [0.717, 1.165) is 18.4 Å². The van der Waals surface area contributed by atoms with E-state index in [4.69, 9.17) is 41.2 Å². The molecule has 4 fully saturated rings. The zero-order chi connectivity index (χ0) is 32.8. The first-order valence-electron chi connectivity index (χ1n) is 14.6. The van der Waals surface area contributed by atoms with E-state index < -0.39 is 36.3 Å². The molecule has 0 radical (unpaired) electrons. The van der Waals surface area contributed by atoms with Gasteiger partial charge < -0.3 is 5.73 Å². The van der Waals surface area contributed by atoms with Crippen LogP contribution in [0.1, 0.15) is 62.5 Å². The van der Waals surface area contributed by atoms with Gasteiger partial charge in [0, 0.05) is 54.4 Å². The Morgan fingerprint density at radius 1 is 0.800 bits per heavy atom. The Morgan fingerprint density at radius 2 is 1.20 bits per heavy atom. The Bertz CT molecular complexity index is 1420. The summed E-state index contributed by atoms with van der Waals surface area (Å²) in [4.78, 5) is 11.5. The topological polar surface area (TPSA) is 82.1 Å². The molecule has 6 rings (SSSR count). The lowest BCUT2D eigenvalue weighted by Crippen LogP contribution is -2.56. The number of piperidine rings is 2. The zero-order valence-corrected chi connectivity index (χ0v) is 26.4. The second-order valence-electron chi connectivity index (χ2n) is 12.6. The van der Waals surface area contributed by atoms with E-state index in [1.165, 1.54) is 17.3 Å². The van der Waals surface area contributed by atoms with Crippen molar-refractivity contribution in [2.45, 2.75) is 98.7 Å². The minimum Gasteiger partial charge on any atom is -0.393 e. The summed E-state index contributed by atoms with van der Waals surface area (Å²) >= 11 is 17.3. The fourth-order valence-electron chi connectivity index (χ4n) is 7.93. The number of hydrogen-bond acceptors (Lipinski definition) is 6. The van der Waals surface area contributed by atoms with Crippen molar-refractivity contribution >= 4 is 40.4 Å². The lowest BCUT2D eigenvalue weighted by atomic mass is 9.70. The fraction of sp³-hybridized carbons (Fsp3) is 0.600. The van der Waals surface area contributed by atoms with Crippen molar-refractivity contribution in [3.63, 3.8) is 0 Å². The van der Waals surface area contributed by atoms with Gasteiger partial charge in [-0.1, -0.05) is 35.4 Å². The second kappa shape index (κ2) is 12.8. The Hall–Kier alpha value is -2.24. The number of aromatic nitrogens is 2. The van der Waals surface area contributed by atoms with Gasteiger partial charge in [0.1, 0.15) is 0 Å². The van der Waals surface area contributed by atoms with Gasteiger partial charge in [0.25, 0.3) is 0 Å². The monoisotopic (exact) mass is 692 g/mol. The van der Waals surface area contributed by atoms with Crippen molar-refractivity contribution < 1.29 is 26.3 Å². The molecule has 2 N–H and O–H groups in total. The van der Waals surface area contributed by atoms with Crippen molar-refractivity contribution in [1.82, 2.24) is 19.8 Å². The van der Waals surface area contributed by atoms with Crippen LogP contribution in [0.2, 0.25) is 10.0 Å². The number of hydrogen-bond donors (Lipinski definition) is 1. The van der Waals surface area contributed by atoms with E-state index >= 15 is 0 Å². The van der Waals surface area contributed by atoms with E-state index in [2.05, 4.69) is 16.0 Å². The quantitative estimate of drug-likeness (QED) is 0.264. The predicted molar refractivity (Wildman–Crippen MR) is 162 cm³/mol. The van der Waals surface area contributed by atoms with Crippen LogP contribution in [0.5, 0.6) is 0 Å². The fourth-order valence-corrected chi connectivity index (χ4v) is 8.56. The average Bonchev–Trinajstić information content (AvgIpc) is 3.31. The highest BCUT2D eigenvalue weighted by atomic mass is 35.5. The maximum atomic E-state index is 12.8. The van der Waals surface area contributed by atoms with E-state index in [0.29, 0.717) is 59.1 Å². The number of nitriles is 1. The summed E-state index contributed by atoms with van der Waals surface area (Å²) in [5.74, 6) is 0. The van der Waals surface area contributed by atoms with Crippen LogP contribution in [0.3, 0.4) is 0 Å². The summed E-state index contributed by atoms with van der Waals surface area (Å²) in [5, 5.41) is 10.6. The number of fused-ring (bicyclic) bond motifs is 4. The zero-order valence-electron chi connectivity index (χ0n) is 24.1. The number of rotatable bonds is 5. The molecule has 2 unspecified atom stereocenters.